The molecule has 1 aromatic rings. The molecule has 0 bridgehead atoms. The van der Waals surface area contributed by atoms with Crippen LogP contribution in [0, 0.1) is 0 Å². The first-order chi connectivity index (χ1) is 7.63. The van der Waals surface area contributed by atoms with Crippen LogP contribution in [0.4, 0.5) is 0 Å². The number of halogens is 1. The molecule has 2 N–H and O–H groups in total. The van der Waals surface area contributed by atoms with Crippen molar-refractivity contribution in [2.24, 2.45) is 5.73 Å². The zero-order valence-corrected chi connectivity index (χ0v) is 10.8. The van der Waals surface area contributed by atoms with E-state index in [1.54, 1.807) is 26.4 Å². The van der Waals surface area contributed by atoms with E-state index >= 15 is 0 Å². The number of methoxy groups -OCH3 is 2. The Morgan fingerprint density at radius 2 is 2.12 bits per heavy atom. The topological polar surface area (TPSA) is 61.5 Å². The van der Waals surface area contributed by atoms with Gasteiger partial charge in [0.1, 0.15) is 5.75 Å². The number of ether oxygens (including phenoxy) is 2. The van der Waals surface area contributed by atoms with Gasteiger partial charge in [0.05, 0.1) is 24.7 Å². The summed E-state index contributed by atoms with van der Waals surface area (Å²) in [6.45, 7) is 0.334. The minimum Gasteiger partial charge on any atom is -0.496 e. The molecular weight excluding hydrogens is 274 g/mol. The predicted molar refractivity (Wildman–Crippen MR) is 64.8 cm³/mol. The van der Waals surface area contributed by atoms with Crippen LogP contribution in [-0.2, 0) is 11.3 Å². The van der Waals surface area contributed by atoms with Crippen LogP contribution in [-0.4, -0.2) is 26.5 Å². The highest BCUT2D eigenvalue weighted by atomic mass is 79.9. The lowest BCUT2D eigenvalue weighted by atomic mass is 10.0. The number of rotatable bonds is 5. The normalized spacial score (nSPS) is 10.2. The fraction of sp³-hybridized carbons (Fsp3) is 0.364. The van der Waals surface area contributed by atoms with Gasteiger partial charge in [0, 0.05) is 12.7 Å². The number of nitrogens with two attached hydrogens (primary N) is 1. The summed E-state index contributed by atoms with van der Waals surface area (Å²) in [5.74, 6) is 0.552. The van der Waals surface area contributed by atoms with Crippen molar-refractivity contribution in [1.29, 1.82) is 0 Å². The summed E-state index contributed by atoms with van der Waals surface area (Å²) < 4.78 is 10.9. The molecule has 0 saturated carbocycles. The zero-order valence-electron chi connectivity index (χ0n) is 9.25. The number of carbonyl (C=O) groups is 1. The van der Waals surface area contributed by atoms with Crippen LogP contribution in [0.15, 0.2) is 16.6 Å². The van der Waals surface area contributed by atoms with Gasteiger partial charge < -0.3 is 15.2 Å². The fourth-order valence-corrected chi connectivity index (χ4v) is 1.90. The van der Waals surface area contributed by atoms with Crippen LogP contribution >= 0.6 is 15.9 Å². The van der Waals surface area contributed by atoms with Crippen LogP contribution in [0.25, 0.3) is 0 Å². The lowest BCUT2D eigenvalue weighted by Gasteiger charge is -2.11. The van der Waals surface area contributed by atoms with E-state index in [1.165, 1.54) is 0 Å². The highest BCUT2D eigenvalue weighted by molar-refractivity contribution is 9.10. The van der Waals surface area contributed by atoms with Gasteiger partial charge >= 0.3 is 0 Å². The van der Waals surface area contributed by atoms with Gasteiger partial charge in [-0.25, -0.2) is 0 Å². The van der Waals surface area contributed by atoms with E-state index in [1.807, 2.05) is 0 Å². The molecule has 4 nitrogen and oxygen atoms in total. The molecule has 0 unspecified atom stereocenters. The Bertz CT molecular complexity index is 393. The molecule has 0 saturated heterocycles. The Hall–Kier alpha value is -0.910. The molecule has 0 spiro atoms. The van der Waals surface area contributed by atoms with E-state index in [0.29, 0.717) is 17.9 Å². The van der Waals surface area contributed by atoms with Crippen LogP contribution in [0.1, 0.15) is 15.9 Å². The largest absolute Gasteiger partial charge is 0.496 e. The van der Waals surface area contributed by atoms with Crippen molar-refractivity contribution in [2.75, 3.05) is 20.8 Å². The first-order valence-electron chi connectivity index (χ1n) is 4.72. The summed E-state index contributed by atoms with van der Waals surface area (Å²) in [6, 6.07) is 3.48. The monoisotopic (exact) mass is 287 g/mol. The molecule has 16 heavy (non-hydrogen) atoms. The van der Waals surface area contributed by atoms with Crippen LogP contribution in [0.2, 0.25) is 0 Å². The van der Waals surface area contributed by atoms with Gasteiger partial charge in [-0.3, -0.25) is 4.79 Å². The molecule has 0 aliphatic carbocycles. The van der Waals surface area contributed by atoms with Crippen molar-refractivity contribution >= 4 is 21.7 Å². The predicted octanol–water partition coefficient (Wildman–Crippen LogP) is 1.75. The smallest absolute Gasteiger partial charge is 0.176 e. The number of ketones is 1. The Kier molecular flexibility index (Phi) is 4.92. The summed E-state index contributed by atoms with van der Waals surface area (Å²) in [5.41, 5.74) is 6.70. The third kappa shape index (κ3) is 2.81. The summed E-state index contributed by atoms with van der Waals surface area (Å²) >= 11 is 3.33. The Balaban J connectivity index is 3.24. The maximum absolute atomic E-state index is 11.6. The second-order valence-corrected chi connectivity index (χ2v) is 4.06. The Morgan fingerprint density at radius 1 is 1.44 bits per heavy atom. The molecule has 88 valence electrons. The number of hydrogen-bond acceptors (Lipinski definition) is 4. The van der Waals surface area contributed by atoms with Gasteiger partial charge in [-0.05, 0) is 33.6 Å². The molecule has 0 aromatic heterocycles. The maximum Gasteiger partial charge on any atom is 0.176 e. The minimum atomic E-state index is -0.115. The molecule has 0 aliphatic heterocycles. The zero-order chi connectivity index (χ0) is 12.1. The van der Waals surface area contributed by atoms with Crippen molar-refractivity contribution < 1.29 is 14.3 Å². The first kappa shape index (κ1) is 13.2. The van der Waals surface area contributed by atoms with Gasteiger partial charge in [0.25, 0.3) is 0 Å². The number of carbonyl (C=O) groups excluding carboxylic acids is 1. The summed E-state index contributed by atoms with van der Waals surface area (Å²) in [7, 11) is 3.15. The molecule has 0 amide bonds. The average Bonchev–Trinajstić information content (AvgIpc) is 2.30. The highest BCUT2D eigenvalue weighted by Crippen LogP contribution is 2.29. The lowest BCUT2D eigenvalue weighted by Crippen LogP contribution is -2.16. The number of benzene rings is 1. The van der Waals surface area contributed by atoms with Gasteiger partial charge in [-0.15, -0.1) is 0 Å². The fourth-order valence-electron chi connectivity index (χ4n) is 1.40. The van der Waals surface area contributed by atoms with Gasteiger partial charge in [-0.2, -0.15) is 0 Å². The Labute approximate surface area is 103 Å². The van der Waals surface area contributed by atoms with Crippen LogP contribution < -0.4 is 10.5 Å². The molecule has 1 aromatic carbocycles. The van der Waals surface area contributed by atoms with Gasteiger partial charge in [0.2, 0.25) is 0 Å². The second-order valence-electron chi connectivity index (χ2n) is 3.20. The van der Waals surface area contributed by atoms with E-state index < -0.39 is 0 Å². The SMILES string of the molecule is COCc1cc(OC)c(Br)cc1C(=O)CN. The number of hydrogen-bond donors (Lipinski definition) is 1. The summed E-state index contributed by atoms with van der Waals surface area (Å²) in [6.07, 6.45) is 0. The van der Waals surface area contributed by atoms with E-state index in [9.17, 15) is 4.79 Å². The summed E-state index contributed by atoms with van der Waals surface area (Å²) in [5, 5.41) is 0. The highest BCUT2D eigenvalue weighted by Gasteiger charge is 2.13. The molecule has 0 radical (unpaired) electrons. The summed E-state index contributed by atoms with van der Waals surface area (Å²) in [4.78, 5) is 11.6. The van der Waals surface area contributed by atoms with Crippen molar-refractivity contribution in [3.05, 3.63) is 27.7 Å². The van der Waals surface area contributed by atoms with E-state index in [0.717, 1.165) is 10.0 Å². The molecule has 0 fully saturated rings. The minimum absolute atomic E-state index is 0.0184. The first-order valence-corrected chi connectivity index (χ1v) is 5.52. The molecular formula is C11H14BrNO3. The molecule has 0 atom stereocenters. The second kappa shape index (κ2) is 5.98. The molecule has 0 heterocycles. The van der Waals surface area contributed by atoms with Crippen molar-refractivity contribution in [1.82, 2.24) is 0 Å². The third-order valence-electron chi connectivity index (χ3n) is 2.16. The van der Waals surface area contributed by atoms with Crippen LogP contribution in [0.3, 0.4) is 0 Å². The quantitative estimate of drug-likeness (QED) is 0.838. The number of Topliss-reactive ketones (excluding diaryl/α,β-unsaturated/α-hetero) is 1. The van der Waals surface area contributed by atoms with Gasteiger partial charge in [-0.1, -0.05) is 0 Å². The average molecular weight is 288 g/mol. The van der Waals surface area contributed by atoms with Crippen molar-refractivity contribution in [3.63, 3.8) is 0 Å². The maximum atomic E-state index is 11.6. The van der Waals surface area contributed by atoms with E-state index in [4.69, 9.17) is 15.2 Å². The molecule has 1 rings (SSSR count). The lowest BCUT2D eigenvalue weighted by molar-refractivity contribution is 0.0996. The molecule has 0 aliphatic rings. The van der Waals surface area contributed by atoms with Crippen LogP contribution in [0.5, 0.6) is 5.75 Å². The molecule has 5 heteroatoms. The van der Waals surface area contributed by atoms with Crippen molar-refractivity contribution in [2.45, 2.75) is 6.61 Å². The Morgan fingerprint density at radius 3 is 2.62 bits per heavy atom. The van der Waals surface area contributed by atoms with Gasteiger partial charge in [0.15, 0.2) is 5.78 Å². The standard InChI is InChI=1S/C11H14BrNO3/c1-15-6-7-3-11(16-2)9(12)4-8(7)10(14)5-13/h3-4H,5-6,13H2,1-2H3. The van der Waals surface area contributed by atoms with E-state index in [-0.39, 0.29) is 12.3 Å². The van der Waals surface area contributed by atoms with E-state index in [2.05, 4.69) is 15.9 Å². The van der Waals surface area contributed by atoms with Crippen molar-refractivity contribution in [3.8, 4) is 5.75 Å². The third-order valence-corrected chi connectivity index (χ3v) is 2.78.